The molecule has 4 heteroatoms. The Hall–Kier alpha value is -6.23. The summed E-state index contributed by atoms with van der Waals surface area (Å²) in [4.78, 5) is 5.28. The van der Waals surface area contributed by atoms with Gasteiger partial charge in [0, 0.05) is 21.7 Å². The molecular formula is C45H31N3O. The Labute approximate surface area is 283 Å². The van der Waals surface area contributed by atoms with Crippen LogP contribution in [0.15, 0.2) is 173 Å². The average Bonchev–Trinajstić information content (AvgIpc) is 3.58. The number of benzene rings is 8. The fourth-order valence-electron chi connectivity index (χ4n) is 7.58. The molecule has 0 fully saturated rings. The van der Waals surface area contributed by atoms with Gasteiger partial charge in [-0.3, -0.25) is 5.32 Å². The highest BCUT2D eigenvalue weighted by atomic mass is 16.3. The zero-order chi connectivity index (χ0) is 32.3. The molecule has 0 saturated heterocycles. The van der Waals surface area contributed by atoms with E-state index in [2.05, 4.69) is 162 Å². The summed E-state index contributed by atoms with van der Waals surface area (Å²) in [5.41, 5.74) is 7.42. The van der Waals surface area contributed by atoms with Gasteiger partial charge in [-0.25, -0.2) is 4.99 Å². The molecule has 8 aromatic carbocycles. The Kier molecular flexibility index (Phi) is 6.36. The Morgan fingerprint density at radius 1 is 0.510 bits per heavy atom. The summed E-state index contributed by atoms with van der Waals surface area (Å²) in [5, 5.41) is 17.1. The lowest BCUT2D eigenvalue weighted by Gasteiger charge is -2.33. The number of hydrogen-bond acceptors (Lipinski definition) is 4. The number of fused-ring (bicyclic) bond motifs is 8. The van der Waals surface area contributed by atoms with Crippen molar-refractivity contribution in [1.29, 1.82) is 0 Å². The van der Waals surface area contributed by atoms with Crippen molar-refractivity contribution in [2.24, 2.45) is 4.99 Å². The van der Waals surface area contributed by atoms with E-state index in [0.717, 1.165) is 66.4 Å². The molecule has 9 aromatic rings. The van der Waals surface area contributed by atoms with Crippen LogP contribution in [0.3, 0.4) is 0 Å². The maximum atomic E-state index is 6.66. The van der Waals surface area contributed by atoms with Gasteiger partial charge in [0.1, 0.15) is 29.3 Å². The minimum Gasteiger partial charge on any atom is -0.455 e. The Balaban J connectivity index is 1.18. The van der Waals surface area contributed by atoms with Crippen molar-refractivity contribution in [3.8, 4) is 11.1 Å². The van der Waals surface area contributed by atoms with Crippen molar-refractivity contribution in [2.75, 3.05) is 0 Å². The maximum absolute atomic E-state index is 6.66. The fraction of sp³-hybridized carbons (Fsp3) is 0.0444. The largest absolute Gasteiger partial charge is 0.455 e. The van der Waals surface area contributed by atoms with Crippen molar-refractivity contribution in [1.82, 2.24) is 10.6 Å². The van der Waals surface area contributed by atoms with Crippen LogP contribution in [0.5, 0.6) is 0 Å². The second-order valence-corrected chi connectivity index (χ2v) is 12.8. The monoisotopic (exact) mass is 629 g/mol. The maximum Gasteiger partial charge on any atom is 0.143 e. The zero-order valence-electron chi connectivity index (χ0n) is 26.6. The standard InChI is InChI=1S/C45H31N3O/c1-3-12-28(13-4-1)38-27-39-34(42-41(38)36-18-9-10-21-40(36)49-42)19-11-20-35(39)45-47-43(31-15-5-2-6-16-31)46-44(48-45)32-25-24-30-23-22-29-14-7-8-17-33(29)37(30)26-32/h1-27,44-45,48H,(H,46,47). The number of hydrogen-bond donors (Lipinski definition) is 2. The third-order valence-corrected chi connectivity index (χ3v) is 9.93. The minimum atomic E-state index is -0.274. The van der Waals surface area contributed by atoms with Crippen LogP contribution in [-0.2, 0) is 0 Å². The molecule has 2 heterocycles. The number of furan rings is 1. The van der Waals surface area contributed by atoms with E-state index in [1.54, 1.807) is 0 Å². The SMILES string of the molecule is c1ccc(C2=NC(c3ccc4ccc5ccccc5c4c3)NC(c3cccc4c3cc(-c3ccccc3)c3c5ccccc5oc43)N2)cc1. The number of aliphatic imine (C=N–C) groups is 1. The molecule has 1 aromatic heterocycles. The molecule has 2 N–H and O–H groups in total. The van der Waals surface area contributed by atoms with Gasteiger partial charge in [-0.05, 0) is 67.4 Å². The summed E-state index contributed by atoms with van der Waals surface area (Å²) >= 11 is 0. The van der Waals surface area contributed by atoms with Crippen LogP contribution >= 0.6 is 0 Å². The Bertz CT molecular complexity index is 2730. The highest BCUT2D eigenvalue weighted by Gasteiger charge is 2.28. The number of amidine groups is 1. The Morgan fingerprint density at radius 3 is 2.02 bits per heavy atom. The van der Waals surface area contributed by atoms with Crippen LogP contribution in [0, 0.1) is 0 Å². The average molecular weight is 630 g/mol. The lowest BCUT2D eigenvalue weighted by Crippen LogP contribution is -2.45. The Morgan fingerprint density at radius 2 is 1.18 bits per heavy atom. The minimum absolute atomic E-state index is 0.227. The molecule has 0 bridgehead atoms. The van der Waals surface area contributed by atoms with Gasteiger partial charge < -0.3 is 9.73 Å². The number of rotatable bonds is 4. The molecule has 0 amide bonds. The zero-order valence-corrected chi connectivity index (χ0v) is 26.6. The van der Waals surface area contributed by atoms with Crippen molar-refractivity contribution in [3.05, 3.63) is 180 Å². The van der Waals surface area contributed by atoms with Gasteiger partial charge in [0.05, 0.1) is 0 Å². The first kappa shape index (κ1) is 27.8. The molecule has 0 aliphatic carbocycles. The molecule has 0 spiro atoms. The van der Waals surface area contributed by atoms with E-state index in [0.29, 0.717) is 0 Å². The number of nitrogens with zero attached hydrogens (tertiary/aromatic N) is 1. The van der Waals surface area contributed by atoms with Crippen molar-refractivity contribution in [3.63, 3.8) is 0 Å². The highest BCUT2D eigenvalue weighted by Crippen LogP contribution is 2.43. The van der Waals surface area contributed by atoms with Crippen molar-refractivity contribution in [2.45, 2.75) is 12.3 Å². The smallest absolute Gasteiger partial charge is 0.143 e. The topological polar surface area (TPSA) is 49.6 Å². The molecule has 0 radical (unpaired) electrons. The summed E-state index contributed by atoms with van der Waals surface area (Å²) in [5.74, 6) is 0.859. The predicted octanol–water partition coefficient (Wildman–Crippen LogP) is 11.0. The fourth-order valence-corrected chi connectivity index (χ4v) is 7.58. The quantitative estimate of drug-likeness (QED) is 0.190. The lowest BCUT2D eigenvalue weighted by molar-refractivity contribution is 0.411. The lowest BCUT2D eigenvalue weighted by atomic mass is 9.92. The molecule has 1 aliphatic rings. The van der Waals surface area contributed by atoms with E-state index in [4.69, 9.17) is 9.41 Å². The van der Waals surface area contributed by atoms with Gasteiger partial charge in [0.15, 0.2) is 0 Å². The molecule has 10 rings (SSSR count). The van der Waals surface area contributed by atoms with Gasteiger partial charge >= 0.3 is 0 Å². The highest BCUT2D eigenvalue weighted by molar-refractivity contribution is 6.21. The molecule has 232 valence electrons. The van der Waals surface area contributed by atoms with E-state index in [-0.39, 0.29) is 12.3 Å². The summed E-state index contributed by atoms with van der Waals surface area (Å²) < 4.78 is 6.66. The molecule has 4 nitrogen and oxygen atoms in total. The van der Waals surface area contributed by atoms with E-state index >= 15 is 0 Å². The summed E-state index contributed by atoms with van der Waals surface area (Å²) in [7, 11) is 0. The van der Waals surface area contributed by atoms with Crippen LogP contribution in [0.1, 0.15) is 29.0 Å². The summed E-state index contributed by atoms with van der Waals surface area (Å²) in [6.07, 6.45) is -0.501. The first-order valence-electron chi connectivity index (χ1n) is 16.8. The second-order valence-electron chi connectivity index (χ2n) is 12.8. The van der Waals surface area contributed by atoms with Crippen molar-refractivity contribution >= 4 is 60.1 Å². The number of para-hydroxylation sites is 1. The third kappa shape index (κ3) is 4.61. The first-order valence-corrected chi connectivity index (χ1v) is 16.8. The van der Waals surface area contributed by atoms with E-state index in [9.17, 15) is 0 Å². The molecular weight excluding hydrogens is 599 g/mol. The molecule has 2 unspecified atom stereocenters. The van der Waals surface area contributed by atoms with Crippen LogP contribution in [-0.4, -0.2) is 5.84 Å². The number of nitrogens with one attached hydrogen (secondary N) is 2. The van der Waals surface area contributed by atoms with E-state index in [1.165, 1.54) is 21.5 Å². The van der Waals surface area contributed by atoms with Gasteiger partial charge in [-0.1, -0.05) is 146 Å². The van der Waals surface area contributed by atoms with Gasteiger partial charge in [-0.2, -0.15) is 0 Å². The normalized spacial score (nSPS) is 16.4. The van der Waals surface area contributed by atoms with Gasteiger partial charge in [0.25, 0.3) is 0 Å². The van der Waals surface area contributed by atoms with Crippen LogP contribution in [0.4, 0.5) is 0 Å². The summed E-state index contributed by atoms with van der Waals surface area (Å²) in [6.45, 7) is 0. The summed E-state index contributed by atoms with van der Waals surface area (Å²) in [6, 6.07) is 58.0. The van der Waals surface area contributed by atoms with Gasteiger partial charge in [0.2, 0.25) is 0 Å². The molecule has 1 aliphatic heterocycles. The predicted molar refractivity (Wildman–Crippen MR) is 203 cm³/mol. The molecule has 2 atom stereocenters. The second kappa shape index (κ2) is 11.2. The third-order valence-electron chi connectivity index (χ3n) is 9.93. The van der Waals surface area contributed by atoms with E-state index < -0.39 is 0 Å². The van der Waals surface area contributed by atoms with Crippen LogP contribution in [0.25, 0.3) is 65.4 Å². The van der Waals surface area contributed by atoms with Crippen LogP contribution in [0.2, 0.25) is 0 Å². The first-order chi connectivity index (χ1) is 24.3. The van der Waals surface area contributed by atoms with Gasteiger partial charge in [-0.15, -0.1) is 0 Å². The van der Waals surface area contributed by atoms with Crippen molar-refractivity contribution < 1.29 is 4.42 Å². The molecule has 0 saturated carbocycles. The molecule has 49 heavy (non-hydrogen) atoms. The van der Waals surface area contributed by atoms with Crippen LogP contribution < -0.4 is 10.6 Å². The van der Waals surface area contributed by atoms with E-state index in [1.807, 2.05) is 12.1 Å².